The quantitative estimate of drug-likeness (QED) is 0.160. The summed E-state index contributed by atoms with van der Waals surface area (Å²) >= 11 is 6.72. The number of nitrogens with zero attached hydrogens (tertiary/aromatic N) is 1. The maximum absolute atomic E-state index is 13.2. The maximum atomic E-state index is 13.2. The lowest BCUT2D eigenvalue weighted by atomic mass is 9.97. The van der Waals surface area contributed by atoms with Gasteiger partial charge in [-0.2, -0.15) is 0 Å². The summed E-state index contributed by atoms with van der Waals surface area (Å²) in [4.78, 5) is 25.8. The first-order valence-corrected chi connectivity index (χ1v) is 11.9. The Kier molecular flexibility index (Phi) is 7.27. The van der Waals surface area contributed by atoms with Gasteiger partial charge in [0.05, 0.1) is 29.3 Å². The summed E-state index contributed by atoms with van der Waals surface area (Å²) in [5.74, 6) is -0.980. The molecule has 2 rings (SSSR count). The number of ether oxygens (including phenoxy) is 1. The smallest absolute Gasteiger partial charge is 0.232 e. The zero-order valence-corrected chi connectivity index (χ0v) is 19.3. The van der Waals surface area contributed by atoms with Crippen LogP contribution < -0.4 is 4.31 Å². The normalized spacial score (nSPS) is 14.8. The average Bonchev–Trinajstić information content (AvgIpc) is 3.43. The molecular formula is C18H21Br2NO5S. The fourth-order valence-corrected chi connectivity index (χ4v) is 4.61. The fourth-order valence-electron chi connectivity index (χ4n) is 2.63. The van der Waals surface area contributed by atoms with Gasteiger partial charge in [0.25, 0.3) is 0 Å². The first-order chi connectivity index (χ1) is 12.6. The van der Waals surface area contributed by atoms with Crippen molar-refractivity contribution in [3.05, 3.63) is 38.5 Å². The van der Waals surface area contributed by atoms with Gasteiger partial charge in [-0.1, -0.05) is 0 Å². The lowest BCUT2D eigenvalue weighted by molar-refractivity contribution is -0.116. The molecule has 1 aromatic carbocycles. The van der Waals surface area contributed by atoms with Crippen LogP contribution in [0.5, 0.6) is 0 Å². The van der Waals surface area contributed by atoms with Gasteiger partial charge < -0.3 is 4.74 Å². The van der Waals surface area contributed by atoms with Crippen molar-refractivity contribution in [3.63, 3.8) is 0 Å². The van der Waals surface area contributed by atoms with Gasteiger partial charge in [0.15, 0.2) is 5.78 Å². The van der Waals surface area contributed by atoms with Crippen LogP contribution in [0.3, 0.4) is 0 Å². The van der Waals surface area contributed by atoms with Crippen LogP contribution in [0.4, 0.5) is 5.69 Å². The fraction of sp³-hybridized carbons (Fsp3) is 0.444. The molecule has 9 heteroatoms. The summed E-state index contributed by atoms with van der Waals surface area (Å²) in [7, 11) is -3.64. The molecule has 1 fully saturated rings. The molecule has 0 atom stereocenters. The van der Waals surface area contributed by atoms with Crippen molar-refractivity contribution in [3.8, 4) is 0 Å². The van der Waals surface area contributed by atoms with Crippen LogP contribution in [-0.2, 0) is 19.6 Å². The van der Waals surface area contributed by atoms with Gasteiger partial charge in [0.1, 0.15) is 5.57 Å². The van der Waals surface area contributed by atoms with E-state index in [4.69, 9.17) is 4.74 Å². The molecule has 0 amide bonds. The van der Waals surface area contributed by atoms with Crippen LogP contribution in [0.25, 0.3) is 0 Å². The summed E-state index contributed by atoms with van der Waals surface area (Å²) in [6, 6.07) is 3.15. The first kappa shape index (κ1) is 22.1. The topological polar surface area (TPSA) is 80.8 Å². The molecule has 27 heavy (non-hydrogen) atoms. The largest absolute Gasteiger partial charge is 0.501 e. The molecule has 0 unspecified atom stereocenters. The lowest BCUT2D eigenvalue weighted by Crippen LogP contribution is -2.32. The van der Waals surface area contributed by atoms with Crippen LogP contribution in [0.1, 0.15) is 37.0 Å². The van der Waals surface area contributed by atoms with Crippen molar-refractivity contribution in [1.29, 1.82) is 0 Å². The van der Waals surface area contributed by atoms with Crippen molar-refractivity contribution >= 4 is 59.1 Å². The summed E-state index contributed by atoms with van der Waals surface area (Å²) in [6.45, 7) is 3.88. The minimum atomic E-state index is -3.64. The SMILES string of the molecule is CCO/C=C(\C(=O)c1ccc(Br)c(Br)c1N(CC)S(C)(=O)=O)C(=O)C1CC1. The van der Waals surface area contributed by atoms with Crippen LogP contribution >= 0.6 is 31.9 Å². The van der Waals surface area contributed by atoms with Crippen molar-refractivity contribution in [2.45, 2.75) is 26.7 Å². The number of anilines is 1. The molecule has 0 aliphatic heterocycles. The van der Waals surface area contributed by atoms with Crippen LogP contribution in [0.15, 0.2) is 32.9 Å². The van der Waals surface area contributed by atoms with Gasteiger partial charge in [0.2, 0.25) is 15.8 Å². The lowest BCUT2D eigenvalue weighted by Gasteiger charge is -2.25. The van der Waals surface area contributed by atoms with Crippen LogP contribution in [0.2, 0.25) is 0 Å². The molecule has 0 radical (unpaired) electrons. The standard InChI is InChI=1S/C18H21Br2NO5S/c1-4-21(27(3,24)25)16-12(8-9-14(19)15(16)20)18(23)13(10-26-5-2)17(22)11-6-7-11/h8-11H,4-7H2,1-3H3/b13-10-. The minimum Gasteiger partial charge on any atom is -0.501 e. The summed E-state index contributed by atoms with van der Waals surface area (Å²) in [6.07, 6.45) is 3.76. The monoisotopic (exact) mass is 521 g/mol. The third-order valence-electron chi connectivity index (χ3n) is 4.08. The number of carbonyl (C=O) groups is 2. The zero-order valence-electron chi connectivity index (χ0n) is 15.3. The molecule has 0 N–H and O–H groups in total. The number of allylic oxidation sites excluding steroid dienone is 1. The van der Waals surface area contributed by atoms with Gasteiger partial charge in [-0.15, -0.1) is 0 Å². The van der Waals surface area contributed by atoms with E-state index in [9.17, 15) is 18.0 Å². The predicted octanol–water partition coefficient (Wildman–Crippen LogP) is 4.08. The molecule has 1 aromatic rings. The maximum Gasteiger partial charge on any atom is 0.232 e. The molecule has 0 saturated heterocycles. The predicted molar refractivity (Wildman–Crippen MR) is 111 cm³/mol. The Morgan fingerprint density at radius 3 is 2.37 bits per heavy atom. The average molecular weight is 523 g/mol. The molecule has 1 aliphatic carbocycles. The van der Waals surface area contributed by atoms with Crippen molar-refractivity contribution in [2.24, 2.45) is 5.92 Å². The molecule has 148 valence electrons. The Bertz CT molecular complexity index is 891. The van der Waals surface area contributed by atoms with E-state index in [2.05, 4.69) is 31.9 Å². The third kappa shape index (κ3) is 5.00. The summed E-state index contributed by atoms with van der Waals surface area (Å²) in [5.41, 5.74) is 0.266. The second kappa shape index (κ2) is 8.87. The number of rotatable bonds is 9. The van der Waals surface area contributed by atoms with Crippen molar-refractivity contribution in [1.82, 2.24) is 0 Å². The molecule has 1 aliphatic rings. The number of Topliss-reactive ketones (excluding diaryl/α,β-unsaturated/α-hetero) is 2. The second-order valence-electron chi connectivity index (χ2n) is 6.14. The van der Waals surface area contributed by atoms with E-state index in [1.54, 1.807) is 19.9 Å². The highest BCUT2D eigenvalue weighted by Gasteiger charge is 2.36. The molecule has 6 nitrogen and oxygen atoms in total. The van der Waals surface area contributed by atoms with Crippen molar-refractivity contribution < 1.29 is 22.7 Å². The molecule has 0 aromatic heterocycles. The molecule has 0 spiro atoms. The molecule has 0 heterocycles. The van der Waals surface area contributed by atoms with E-state index in [1.165, 1.54) is 12.3 Å². The number of ketones is 2. The summed E-state index contributed by atoms with van der Waals surface area (Å²) < 4.78 is 31.9. The van der Waals surface area contributed by atoms with Gasteiger partial charge in [-0.05, 0) is 70.7 Å². The number of carbonyl (C=O) groups excluding carboxylic acids is 2. The Balaban J connectivity index is 2.64. The van der Waals surface area contributed by atoms with Crippen molar-refractivity contribution in [2.75, 3.05) is 23.7 Å². The van der Waals surface area contributed by atoms with Gasteiger partial charge >= 0.3 is 0 Å². The zero-order chi connectivity index (χ0) is 20.4. The van der Waals surface area contributed by atoms with E-state index < -0.39 is 15.8 Å². The highest BCUT2D eigenvalue weighted by atomic mass is 79.9. The highest BCUT2D eigenvalue weighted by molar-refractivity contribution is 9.13. The first-order valence-electron chi connectivity index (χ1n) is 8.49. The van der Waals surface area contributed by atoms with Crippen LogP contribution in [0, 0.1) is 5.92 Å². The summed E-state index contributed by atoms with van der Waals surface area (Å²) in [5, 5.41) is 0. The Labute approximate surface area is 176 Å². The highest BCUT2D eigenvalue weighted by Crippen LogP contribution is 2.40. The molecular weight excluding hydrogens is 502 g/mol. The van der Waals surface area contributed by atoms with E-state index in [-0.39, 0.29) is 35.1 Å². The number of sulfonamides is 1. The Hall–Kier alpha value is -1.19. The van der Waals surface area contributed by atoms with E-state index in [0.717, 1.165) is 23.4 Å². The number of hydrogen-bond donors (Lipinski definition) is 0. The number of benzene rings is 1. The van der Waals surface area contributed by atoms with E-state index in [1.807, 2.05) is 0 Å². The van der Waals surface area contributed by atoms with E-state index >= 15 is 0 Å². The van der Waals surface area contributed by atoms with Gasteiger partial charge in [0, 0.05) is 22.5 Å². The number of halogens is 2. The van der Waals surface area contributed by atoms with Gasteiger partial charge in [-0.25, -0.2) is 8.42 Å². The third-order valence-corrected chi connectivity index (χ3v) is 7.31. The minimum absolute atomic E-state index is 0.0561. The second-order valence-corrected chi connectivity index (χ2v) is 9.69. The Morgan fingerprint density at radius 1 is 1.26 bits per heavy atom. The Morgan fingerprint density at radius 2 is 1.89 bits per heavy atom. The van der Waals surface area contributed by atoms with Gasteiger partial charge in [-0.3, -0.25) is 13.9 Å². The molecule has 1 saturated carbocycles. The molecule has 0 bridgehead atoms. The van der Waals surface area contributed by atoms with Crippen LogP contribution in [-0.4, -0.2) is 39.4 Å². The number of hydrogen-bond acceptors (Lipinski definition) is 5. The van der Waals surface area contributed by atoms with E-state index in [0.29, 0.717) is 15.6 Å².